The van der Waals surface area contributed by atoms with Crippen LogP contribution in [-0.2, 0) is 11.3 Å². The maximum Gasteiger partial charge on any atom is 0.225 e. The molecule has 1 aliphatic heterocycles. The molecule has 2 unspecified atom stereocenters. The van der Waals surface area contributed by atoms with Gasteiger partial charge in [-0.2, -0.15) is 0 Å². The second kappa shape index (κ2) is 10.6. The Kier molecular flexibility index (Phi) is 9.05. The molecule has 2 saturated carbocycles. The summed E-state index contributed by atoms with van der Waals surface area (Å²) in [7, 11) is 0. The van der Waals surface area contributed by atoms with Crippen molar-refractivity contribution in [3.05, 3.63) is 34.6 Å². The molecule has 29 heavy (non-hydrogen) atoms. The number of nitrogens with two attached hydrogens (primary N) is 1. The Morgan fingerprint density at radius 3 is 2.31 bits per heavy atom. The van der Waals surface area contributed by atoms with Gasteiger partial charge in [-0.25, -0.2) is 4.39 Å². The van der Waals surface area contributed by atoms with Crippen molar-refractivity contribution in [1.29, 1.82) is 0 Å². The van der Waals surface area contributed by atoms with Gasteiger partial charge in [0.15, 0.2) is 0 Å². The van der Waals surface area contributed by atoms with Crippen molar-refractivity contribution in [2.24, 2.45) is 23.5 Å². The zero-order valence-electron chi connectivity index (χ0n) is 16.6. The van der Waals surface area contributed by atoms with Gasteiger partial charge in [-0.15, -0.1) is 24.8 Å². The maximum absolute atomic E-state index is 14.0. The number of halogens is 4. The van der Waals surface area contributed by atoms with Crippen LogP contribution in [0.1, 0.15) is 37.7 Å². The van der Waals surface area contributed by atoms with E-state index in [0.717, 1.165) is 25.9 Å². The third-order valence-electron chi connectivity index (χ3n) is 6.89. The number of carbonyl (C=O) groups is 1. The van der Waals surface area contributed by atoms with Crippen molar-refractivity contribution in [2.45, 2.75) is 44.7 Å². The largest absolute Gasteiger partial charge is 0.340 e. The van der Waals surface area contributed by atoms with Gasteiger partial charge in [-0.1, -0.05) is 24.1 Å². The molecule has 0 radical (unpaired) electrons. The Hall–Kier alpha value is -0.590. The Balaban J connectivity index is 0.00000150. The molecule has 2 aliphatic carbocycles. The number of hydrogen-bond donors (Lipinski definition) is 1. The van der Waals surface area contributed by atoms with Gasteiger partial charge >= 0.3 is 0 Å². The molecule has 164 valence electrons. The van der Waals surface area contributed by atoms with Crippen LogP contribution >= 0.6 is 36.4 Å². The van der Waals surface area contributed by atoms with E-state index in [9.17, 15) is 9.18 Å². The first-order valence-corrected chi connectivity index (χ1v) is 10.6. The molecule has 4 nitrogen and oxygen atoms in total. The summed E-state index contributed by atoms with van der Waals surface area (Å²) in [5.74, 6) is 1.24. The molecule has 1 aromatic carbocycles. The lowest BCUT2D eigenvalue weighted by Gasteiger charge is -2.45. The Morgan fingerprint density at radius 1 is 1.10 bits per heavy atom. The molecule has 8 heteroatoms. The third kappa shape index (κ3) is 5.37. The fourth-order valence-corrected chi connectivity index (χ4v) is 5.51. The molecule has 1 saturated heterocycles. The van der Waals surface area contributed by atoms with Crippen LogP contribution in [0.5, 0.6) is 0 Å². The Labute approximate surface area is 190 Å². The monoisotopic (exact) mass is 465 g/mol. The molecule has 1 amide bonds. The SMILES string of the molecule is Cl.Cl.NC1C2CCCC1CC(C(=O)N1CCN(Cc3c(F)cccc3Cl)CC1)C2. The quantitative estimate of drug-likeness (QED) is 0.729. The number of benzene rings is 1. The van der Waals surface area contributed by atoms with Crippen molar-refractivity contribution >= 4 is 42.3 Å². The van der Waals surface area contributed by atoms with Gasteiger partial charge in [0.2, 0.25) is 5.91 Å². The molecular formula is C21H31Cl3FN3O. The molecule has 3 fully saturated rings. The Bertz CT molecular complexity index is 665. The summed E-state index contributed by atoms with van der Waals surface area (Å²) < 4.78 is 14.0. The highest BCUT2D eigenvalue weighted by atomic mass is 35.5. The summed E-state index contributed by atoms with van der Waals surface area (Å²) in [6.07, 6.45) is 5.54. The lowest BCUT2D eigenvalue weighted by molar-refractivity contribution is -0.140. The van der Waals surface area contributed by atoms with Gasteiger partial charge in [-0.05, 0) is 49.7 Å². The standard InChI is InChI=1S/C21H29ClFN3O.2ClH/c22-18-5-2-6-19(23)17(18)13-25-7-9-26(10-8-25)21(27)16-11-14-3-1-4-15(12-16)20(14)24;;/h2,5-6,14-16,20H,1,3-4,7-13,24H2;2*1H. The van der Waals surface area contributed by atoms with Crippen LogP contribution in [0.15, 0.2) is 18.2 Å². The van der Waals surface area contributed by atoms with Crippen LogP contribution in [0.2, 0.25) is 5.02 Å². The van der Waals surface area contributed by atoms with E-state index in [1.54, 1.807) is 12.1 Å². The highest BCUT2D eigenvalue weighted by Crippen LogP contribution is 2.42. The normalized spacial score (nSPS) is 29.6. The first-order chi connectivity index (χ1) is 13.0. The topological polar surface area (TPSA) is 49.6 Å². The second-order valence-electron chi connectivity index (χ2n) is 8.50. The number of carbonyl (C=O) groups excluding carboxylic acids is 1. The number of fused-ring (bicyclic) bond motifs is 2. The molecule has 0 spiro atoms. The van der Waals surface area contributed by atoms with Gasteiger partial charge < -0.3 is 10.6 Å². The molecule has 1 heterocycles. The van der Waals surface area contributed by atoms with Crippen LogP contribution in [0.25, 0.3) is 0 Å². The van der Waals surface area contributed by atoms with Gasteiger partial charge in [0.05, 0.1) is 0 Å². The first kappa shape index (κ1) is 24.7. The molecule has 1 aromatic rings. The van der Waals surface area contributed by atoms with Crippen molar-refractivity contribution in [3.63, 3.8) is 0 Å². The predicted octanol–water partition coefficient (Wildman–Crippen LogP) is 4.12. The minimum absolute atomic E-state index is 0. The zero-order valence-corrected chi connectivity index (χ0v) is 19.0. The number of rotatable bonds is 3. The summed E-state index contributed by atoms with van der Waals surface area (Å²) in [6.45, 7) is 3.44. The molecular weight excluding hydrogens is 436 g/mol. The Morgan fingerprint density at radius 2 is 1.72 bits per heavy atom. The van der Waals surface area contributed by atoms with Gasteiger partial charge in [0.25, 0.3) is 0 Å². The molecule has 2 atom stereocenters. The molecule has 0 aromatic heterocycles. The maximum atomic E-state index is 14.0. The van der Waals surface area contributed by atoms with Crippen LogP contribution < -0.4 is 5.73 Å². The molecule has 2 N–H and O–H groups in total. The third-order valence-corrected chi connectivity index (χ3v) is 7.24. The first-order valence-electron chi connectivity index (χ1n) is 10.2. The second-order valence-corrected chi connectivity index (χ2v) is 8.91. The fraction of sp³-hybridized carbons (Fsp3) is 0.667. The summed E-state index contributed by atoms with van der Waals surface area (Å²) in [5, 5.41) is 0.471. The van der Waals surface area contributed by atoms with E-state index < -0.39 is 0 Å². The predicted molar refractivity (Wildman–Crippen MR) is 119 cm³/mol. The summed E-state index contributed by atoms with van der Waals surface area (Å²) >= 11 is 6.15. The number of amides is 1. The van der Waals surface area contributed by atoms with E-state index in [1.807, 2.05) is 4.90 Å². The lowest BCUT2D eigenvalue weighted by Crippen LogP contribution is -2.53. The van der Waals surface area contributed by atoms with E-state index in [4.69, 9.17) is 17.3 Å². The average Bonchev–Trinajstić information content (AvgIpc) is 2.65. The summed E-state index contributed by atoms with van der Waals surface area (Å²) in [5.41, 5.74) is 6.92. The van der Waals surface area contributed by atoms with Gasteiger partial charge in [0, 0.05) is 55.3 Å². The van der Waals surface area contributed by atoms with Crippen LogP contribution in [0.4, 0.5) is 4.39 Å². The average molecular weight is 467 g/mol. The van der Waals surface area contributed by atoms with Crippen molar-refractivity contribution in [2.75, 3.05) is 26.2 Å². The number of nitrogens with zero attached hydrogens (tertiary/aromatic N) is 2. The van der Waals surface area contributed by atoms with Crippen molar-refractivity contribution in [3.8, 4) is 0 Å². The van der Waals surface area contributed by atoms with Crippen LogP contribution in [0.3, 0.4) is 0 Å². The minimum atomic E-state index is -0.258. The smallest absolute Gasteiger partial charge is 0.225 e. The van der Waals surface area contributed by atoms with E-state index in [2.05, 4.69) is 4.90 Å². The molecule has 3 aliphatic rings. The van der Waals surface area contributed by atoms with E-state index in [1.165, 1.54) is 25.3 Å². The highest BCUT2D eigenvalue weighted by Gasteiger charge is 2.41. The fourth-order valence-electron chi connectivity index (χ4n) is 5.28. The summed E-state index contributed by atoms with van der Waals surface area (Å²) in [6, 6.07) is 5.10. The lowest BCUT2D eigenvalue weighted by atomic mass is 9.65. The van der Waals surface area contributed by atoms with E-state index in [-0.39, 0.29) is 36.5 Å². The van der Waals surface area contributed by atoms with E-state index >= 15 is 0 Å². The van der Waals surface area contributed by atoms with Crippen LogP contribution in [-0.4, -0.2) is 47.9 Å². The molecule has 2 bridgehead atoms. The highest BCUT2D eigenvalue weighted by molar-refractivity contribution is 6.31. The van der Waals surface area contributed by atoms with Crippen LogP contribution in [0, 0.1) is 23.6 Å². The van der Waals surface area contributed by atoms with Crippen molar-refractivity contribution in [1.82, 2.24) is 9.80 Å². The number of piperazine rings is 1. The molecule has 4 rings (SSSR count). The number of hydrogen-bond acceptors (Lipinski definition) is 3. The summed E-state index contributed by atoms with van der Waals surface area (Å²) in [4.78, 5) is 17.2. The van der Waals surface area contributed by atoms with E-state index in [0.29, 0.717) is 54.0 Å². The van der Waals surface area contributed by atoms with Gasteiger partial charge in [0.1, 0.15) is 5.82 Å². The van der Waals surface area contributed by atoms with Crippen molar-refractivity contribution < 1.29 is 9.18 Å². The minimum Gasteiger partial charge on any atom is -0.340 e. The van der Waals surface area contributed by atoms with Gasteiger partial charge in [-0.3, -0.25) is 9.69 Å². The zero-order chi connectivity index (χ0) is 19.0.